The highest BCUT2D eigenvalue weighted by molar-refractivity contribution is 6.46. The molecule has 1 unspecified atom stereocenters. The number of nitrogens with zero attached hydrogens (tertiary/aromatic N) is 2. The Morgan fingerprint density at radius 2 is 2.17 bits per heavy atom. The summed E-state index contributed by atoms with van der Waals surface area (Å²) in [4.78, 5) is 12.4. The first kappa shape index (κ1) is 17.4. The average molecular weight is 390 g/mol. The van der Waals surface area contributed by atoms with Crippen LogP contribution in [-0.4, -0.2) is 33.9 Å². The van der Waals surface area contributed by atoms with Gasteiger partial charge in [-0.15, -0.1) is 0 Å². The summed E-state index contributed by atoms with van der Waals surface area (Å²) in [7, 11) is 0. The third kappa shape index (κ3) is 3.47. The van der Waals surface area contributed by atoms with Gasteiger partial charge in [0.15, 0.2) is 11.4 Å². The molecule has 6 nitrogen and oxygen atoms in total. The normalized spacial score (nSPS) is 17.7. The smallest absolute Gasteiger partial charge is 0.276 e. The number of benzene rings is 1. The van der Waals surface area contributed by atoms with E-state index >= 15 is 0 Å². The zero-order valence-electron chi connectivity index (χ0n) is 12.5. The molecule has 0 aliphatic carbocycles. The Labute approximate surface area is 153 Å². The molecule has 1 atom stereocenters. The molecule has 1 aromatic carbocycles. The monoisotopic (exact) mass is 388 g/mol. The first-order chi connectivity index (χ1) is 11.5. The maximum atomic E-state index is 12.4. The lowest BCUT2D eigenvalue weighted by atomic mass is 10.1. The third-order valence-electron chi connectivity index (χ3n) is 3.87. The summed E-state index contributed by atoms with van der Waals surface area (Å²) in [6, 6.07) is 3.14. The number of phenols is 1. The average Bonchev–Trinajstić information content (AvgIpc) is 3.08. The summed E-state index contributed by atoms with van der Waals surface area (Å²) >= 11 is 17.8. The molecule has 128 valence electrons. The van der Waals surface area contributed by atoms with Crippen molar-refractivity contribution in [3.8, 4) is 5.75 Å². The van der Waals surface area contributed by atoms with Crippen molar-refractivity contribution < 1.29 is 9.90 Å². The Morgan fingerprint density at radius 1 is 1.38 bits per heavy atom. The van der Waals surface area contributed by atoms with Gasteiger partial charge in [-0.2, -0.15) is 5.10 Å². The Bertz CT molecular complexity index is 746. The number of hydrogen-bond donors (Lipinski definition) is 3. The van der Waals surface area contributed by atoms with Gasteiger partial charge in [0.05, 0.1) is 21.1 Å². The van der Waals surface area contributed by atoms with E-state index in [0.29, 0.717) is 0 Å². The fourth-order valence-electron chi connectivity index (χ4n) is 2.60. The summed E-state index contributed by atoms with van der Waals surface area (Å²) in [5.41, 5.74) is 0.181. The van der Waals surface area contributed by atoms with Crippen molar-refractivity contribution in [3.63, 3.8) is 0 Å². The minimum atomic E-state index is -0.506. The van der Waals surface area contributed by atoms with E-state index in [4.69, 9.17) is 34.8 Å². The molecule has 9 heteroatoms. The second-order valence-electron chi connectivity index (χ2n) is 5.51. The van der Waals surface area contributed by atoms with Gasteiger partial charge in [-0.05, 0) is 31.5 Å². The van der Waals surface area contributed by atoms with Crippen LogP contribution in [0.2, 0.25) is 15.1 Å². The Kier molecular flexibility index (Phi) is 5.20. The molecule has 1 fully saturated rings. The molecule has 2 aromatic rings. The lowest BCUT2D eigenvalue weighted by molar-refractivity contribution is 0.102. The van der Waals surface area contributed by atoms with E-state index in [1.54, 1.807) is 16.9 Å². The predicted molar refractivity (Wildman–Crippen MR) is 94.5 cm³/mol. The van der Waals surface area contributed by atoms with Gasteiger partial charge in [0, 0.05) is 12.7 Å². The van der Waals surface area contributed by atoms with Crippen LogP contribution in [0.5, 0.6) is 5.75 Å². The van der Waals surface area contributed by atoms with Crippen LogP contribution < -0.4 is 10.6 Å². The Balaban J connectivity index is 1.80. The second kappa shape index (κ2) is 7.19. The molecule has 1 saturated heterocycles. The highest BCUT2D eigenvalue weighted by Crippen LogP contribution is 2.42. The number of anilines is 1. The number of rotatable bonds is 3. The van der Waals surface area contributed by atoms with Crippen LogP contribution in [0.1, 0.15) is 29.4 Å². The first-order valence-corrected chi connectivity index (χ1v) is 8.54. The zero-order chi connectivity index (χ0) is 17.3. The Hall–Kier alpha value is -1.47. The van der Waals surface area contributed by atoms with Crippen LogP contribution in [0, 0.1) is 0 Å². The van der Waals surface area contributed by atoms with Gasteiger partial charge in [-0.3, -0.25) is 9.48 Å². The van der Waals surface area contributed by atoms with E-state index in [-0.39, 0.29) is 38.2 Å². The van der Waals surface area contributed by atoms with Gasteiger partial charge in [0.25, 0.3) is 5.91 Å². The molecule has 0 bridgehead atoms. The standard InChI is InChI=1S/C15H15Cl3N4O2/c16-9-6-10(17)14(23)13(12(9)18)20-15(24)11-3-5-22(21-11)8-2-1-4-19-7-8/h3,5-6,8,19,23H,1-2,4,7H2,(H,20,24). The first-order valence-electron chi connectivity index (χ1n) is 7.41. The van der Waals surface area contributed by atoms with Crippen molar-refractivity contribution in [2.24, 2.45) is 0 Å². The number of halogens is 3. The molecule has 0 radical (unpaired) electrons. The van der Waals surface area contributed by atoms with Crippen molar-refractivity contribution in [2.75, 3.05) is 18.4 Å². The van der Waals surface area contributed by atoms with Crippen LogP contribution in [0.25, 0.3) is 0 Å². The van der Waals surface area contributed by atoms with Crippen molar-refractivity contribution in [3.05, 3.63) is 39.1 Å². The number of amides is 1. The van der Waals surface area contributed by atoms with Crippen molar-refractivity contribution in [1.82, 2.24) is 15.1 Å². The SMILES string of the molecule is O=C(Nc1c(O)c(Cl)cc(Cl)c1Cl)c1ccn(C2CCCNC2)n1. The molecule has 3 rings (SSSR count). The van der Waals surface area contributed by atoms with Gasteiger partial charge < -0.3 is 15.7 Å². The number of phenolic OH excluding ortho intramolecular Hbond substituents is 1. The van der Waals surface area contributed by atoms with Crippen LogP contribution in [0.4, 0.5) is 5.69 Å². The number of hydrogen-bond acceptors (Lipinski definition) is 4. The lowest BCUT2D eigenvalue weighted by Gasteiger charge is -2.22. The van der Waals surface area contributed by atoms with E-state index < -0.39 is 5.91 Å². The maximum absolute atomic E-state index is 12.4. The molecule has 1 aromatic heterocycles. The van der Waals surface area contributed by atoms with Gasteiger partial charge in [-0.1, -0.05) is 34.8 Å². The Morgan fingerprint density at radius 3 is 2.88 bits per heavy atom. The number of aromatic nitrogens is 2. The van der Waals surface area contributed by atoms with E-state index in [1.165, 1.54) is 6.07 Å². The molecule has 2 heterocycles. The molecule has 0 spiro atoms. The van der Waals surface area contributed by atoms with Gasteiger partial charge in [0.1, 0.15) is 5.69 Å². The number of aromatic hydroxyl groups is 1. The summed E-state index contributed by atoms with van der Waals surface area (Å²) in [5.74, 6) is -0.844. The lowest BCUT2D eigenvalue weighted by Crippen LogP contribution is -2.32. The predicted octanol–water partition coefficient (Wildman–Crippen LogP) is 3.73. The van der Waals surface area contributed by atoms with Crippen LogP contribution in [-0.2, 0) is 0 Å². The molecule has 1 amide bonds. The van der Waals surface area contributed by atoms with Gasteiger partial charge in [0.2, 0.25) is 0 Å². The second-order valence-corrected chi connectivity index (χ2v) is 6.71. The van der Waals surface area contributed by atoms with Crippen molar-refractivity contribution in [2.45, 2.75) is 18.9 Å². The summed E-state index contributed by atoms with van der Waals surface area (Å²) in [6.45, 7) is 1.82. The highest BCUT2D eigenvalue weighted by atomic mass is 35.5. The van der Waals surface area contributed by atoms with Crippen molar-refractivity contribution >= 4 is 46.4 Å². The fraction of sp³-hybridized carbons (Fsp3) is 0.333. The quantitative estimate of drug-likeness (QED) is 0.552. The molecule has 3 N–H and O–H groups in total. The molecule has 0 saturated carbocycles. The number of carbonyl (C=O) groups excluding carboxylic acids is 1. The van der Waals surface area contributed by atoms with Crippen LogP contribution >= 0.6 is 34.8 Å². The fourth-order valence-corrected chi connectivity index (χ4v) is 3.25. The topological polar surface area (TPSA) is 79.2 Å². The minimum Gasteiger partial charge on any atom is -0.504 e. The molecule has 1 aliphatic rings. The minimum absolute atomic E-state index is 0.00138. The van der Waals surface area contributed by atoms with Gasteiger partial charge >= 0.3 is 0 Å². The zero-order valence-corrected chi connectivity index (χ0v) is 14.8. The van der Waals surface area contributed by atoms with E-state index in [1.807, 2.05) is 0 Å². The number of piperidine rings is 1. The van der Waals surface area contributed by atoms with Crippen LogP contribution in [0.3, 0.4) is 0 Å². The number of carbonyl (C=O) groups is 1. The van der Waals surface area contributed by atoms with E-state index in [2.05, 4.69) is 15.7 Å². The molecule has 1 aliphatic heterocycles. The third-order valence-corrected chi connectivity index (χ3v) is 4.95. The molecular weight excluding hydrogens is 375 g/mol. The van der Waals surface area contributed by atoms with Gasteiger partial charge in [-0.25, -0.2) is 0 Å². The summed E-state index contributed by atoms with van der Waals surface area (Å²) in [6.07, 6.45) is 3.84. The van der Waals surface area contributed by atoms with Crippen LogP contribution in [0.15, 0.2) is 18.3 Å². The largest absolute Gasteiger partial charge is 0.504 e. The summed E-state index contributed by atoms with van der Waals surface area (Å²) in [5, 5.41) is 20.2. The molecule has 24 heavy (non-hydrogen) atoms. The van der Waals surface area contributed by atoms with E-state index in [0.717, 1.165) is 25.9 Å². The number of nitrogens with one attached hydrogen (secondary N) is 2. The summed E-state index contributed by atoms with van der Waals surface area (Å²) < 4.78 is 1.77. The maximum Gasteiger partial charge on any atom is 0.276 e. The van der Waals surface area contributed by atoms with E-state index in [9.17, 15) is 9.90 Å². The highest BCUT2D eigenvalue weighted by Gasteiger charge is 2.21. The van der Waals surface area contributed by atoms with Crippen molar-refractivity contribution in [1.29, 1.82) is 0 Å². The molecular formula is C15H15Cl3N4O2.